The van der Waals surface area contributed by atoms with Crippen molar-refractivity contribution in [3.05, 3.63) is 260 Å². The number of urea groups is 3. The molecular weight excluding hydrogens is 1820 g/mol. The normalized spacial score (nSPS) is 15.5. The Morgan fingerprint density at radius 1 is 0.441 bits per heavy atom. The Kier molecular flexibility index (Phi) is 38.7. The van der Waals surface area contributed by atoms with E-state index < -0.39 is 4.92 Å². The molecule has 6 fully saturated rings. The Balaban J connectivity index is 0.000000207. The van der Waals surface area contributed by atoms with Crippen LogP contribution < -0.4 is 41.7 Å². The zero-order valence-corrected chi connectivity index (χ0v) is 80.2. The number of aromatic nitrogens is 6. The van der Waals surface area contributed by atoms with Crippen molar-refractivity contribution in [2.45, 2.75) is 97.8 Å². The zero-order chi connectivity index (χ0) is 95.5. The number of anilines is 8. The molecule has 7 N–H and O–H groups in total. The van der Waals surface area contributed by atoms with E-state index in [1.807, 2.05) is 51.2 Å². The predicted octanol–water partition coefficient (Wildman–Crippen LogP) is 13.2. The van der Waals surface area contributed by atoms with Crippen LogP contribution in [0.15, 0.2) is 159 Å². The molecule has 6 aromatic carbocycles. The summed E-state index contributed by atoms with van der Waals surface area (Å²) in [6.45, 7) is 22.2. The van der Waals surface area contributed by atoms with Gasteiger partial charge in [-0.15, -0.1) is 0 Å². The van der Waals surface area contributed by atoms with Crippen LogP contribution in [0.2, 0.25) is 0 Å². The van der Waals surface area contributed by atoms with Gasteiger partial charge in [-0.3, -0.25) is 29.3 Å². The summed E-state index contributed by atoms with van der Waals surface area (Å²) in [4.78, 5) is 148. The molecule has 0 aliphatic carbocycles. The number of nitro groups is 1. The first-order valence-electron chi connectivity index (χ1n) is 45.4. The van der Waals surface area contributed by atoms with Gasteiger partial charge in [0.15, 0.2) is 17.3 Å². The topological polar surface area (TPSA) is 435 Å². The van der Waals surface area contributed by atoms with Gasteiger partial charge in [0, 0.05) is 237 Å². The first-order chi connectivity index (χ1) is 64.7. The number of aliphatic hydroxyl groups excluding tert-OH is 1. The van der Waals surface area contributed by atoms with Gasteiger partial charge >= 0.3 is 18.1 Å². The SMILES string of the molecule is C=CC(=O)Nc1cc(C(=O)CC2CCN(C)CC2)ccc1Cc1ncc(C)c(N2CCN(C(=O)Nc3ccc(C#N)cc3)CC2)n1.CO.Cc1cnc(Cc2ccc(C(=O)CC3CCN(C)CC3)cc2N)nc1N1CCN(C(=O)Nc2ccc(C#N)cc2)CC1.Cc1cnc(Cc2ccc(C(=O)CC3CCN(C)CC3)cc2[N+](=O)[O-])nc1N1CCN(C(=O)Nc2ccc(C#N)cc2)CC1.[CH3-].[Pd]. The largest absolute Gasteiger partial charge is 0.400 e. The van der Waals surface area contributed by atoms with Gasteiger partial charge in [-0.05, 0) is 240 Å². The third-order valence-corrected chi connectivity index (χ3v) is 25.3. The van der Waals surface area contributed by atoms with E-state index in [9.17, 15) is 43.7 Å². The molecule has 0 atom stereocenters. The van der Waals surface area contributed by atoms with Crippen LogP contribution in [0.25, 0.3) is 0 Å². The van der Waals surface area contributed by atoms with E-state index in [0.717, 1.165) is 130 Å². The number of amides is 7. The second-order valence-corrected chi connectivity index (χ2v) is 34.9. The Bertz CT molecular complexity index is 5800. The van der Waals surface area contributed by atoms with Gasteiger partial charge in [0.2, 0.25) is 5.91 Å². The molecule has 9 heterocycles. The van der Waals surface area contributed by atoms with Gasteiger partial charge < -0.3 is 83.6 Å². The van der Waals surface area contributed by atoms with Crippen LogP contribution >= 0.6 is 0 Å². The standard InChI is InChI=1S/C35H40N8O3.C32H36N8O4.C32H38N8O2.CH4O.CH3.Pd/c1-4-33(45)39-30-20-28(31(44)19-25-11-13-41(3)14-12-25)8-7-27(30)21-32-37-23-24(2)34(40-32)42-15-17-43(18-16-42)35(46)38-29-9-5-26(22-36)6-10-29;1-22-21-34-30(19-25-5-6-26(18-28(25)40(43)44)29(41)17-23-9-11-37(2)12-10-23)36-31(22)38-13-15-39(16-14-38)32(42)35-27-7-3-24(20-33)4-8-27;1-22-21-35-30(19-25-5-6-26(18-28(25)34)29(41)17-23-9-11-38(2)12-10-23)37-31(22)39-13-15-40(16-14-39)32(42)36-27-7-3-24(20-33)4-8-27;1-2;;/h4-10,20,23,25H,1,11-19,21H2,2-3H3,(H,38,46)(H,39,45);3-8,18,21,23H,9-17,19H2,1-2H3,(H,35,42);3-8,18,21,23H,9-17,19,34H2,1-2H3,(H,36,42);2H,1H3;1H3;/q;;;;-1;. The molecule has 0 saturated carbocycles. The number of benzene rings is 6. The minimum atomic E-state index is -0.446. The van der Waals surface area contributed by atoms with Crippen LogP contribution in [0.4, 0.5) is 66.0 Å². The van der Waals surface area contributed by atoms with Crippen LogP contribution in [0.1, 0.15) is 156 Å². The van der Waals surface area contributed by atoms with E-state index in [1.165, 1.54) is 12.1 Å². The summed E-state index contributed by atoms with van der Waals surface area (Å²) >= 11 is 0. The molecule has 7 amide bonds. The van der Waals surface area contributed by atoms with Crippen molar-refractivity contribution >= 4 is 92.9 Å². The third-order valence-electron chi connectivity index (χ3n) is 25.3. The molecule has 6 aliphatic heterocycles. The van der Waals surface area contributed by atoms with E-state index in [4.69, 9.17) is 41.6 Å². The van der Waals surface area contributed by atoms with E-state index in [0.29, 0.717) is 213 Å². The smallest absolute Gasteiger partial charge is 0.321 e. The van der Waals surface area contributed by atoms with E-state index in [2.05, 4.69) is 112 Å². The number of nitrogens with one attached hydrogen (secondary N) is 4. The zero-order valence-electron chi connectivity index (χ0n) is 78.6. The fourth-order valence-electron chi connectivity index (χ4n) is 17.1. The third kappa shape index (κ3) is 29.1. The number of aliphatic hydroxyl groups is 1. The summed E-state index contributed by atoms with van der Waals surface area (Å²) in [6.07, 6.45) is 15.0. The first kappa shape index (κ1) is 104. The number of nitro benzene ring substituents is 1. The van der Waals surface area contributed by atoms with Crippen molar-refractivity contribution in [1.82, 2.24) is 59.3 Å². The Morgan fingerprint density at radius 3 is 1.04 bits per heavy atom. The molecule has 35 heteroatoms. The van der Waals surface area contributed by atoms with Gasteiger partial charge in [0.1, 0.15) is 34.9 Å². The number of carbonyl (C=O) groups is 7. The summed E-state index contributed by atoms with van der Waals surface area (Å²) in [6, 6.07) is 41.7. The summed E-state index contributed by atoms with van der Waals surface area (Å²) in [5.74, 6) is 5.01. The number of likely N-dealkylation sites (tertiary alicyclic amines) is 3. The fourth-order valence-corrected chi connectivity index (χ4v) is 17.1. The molecule has 6 aliphatic rings. The number of aryl methyl sites for hydroxylation is 3. The molecule has 136 heavy (non-hydrogen) atoms. The van der Waals surface area contributed by atoms with Crippen molar-refractivity contribution in [3.63, 3.8) is 0 Å². The van der Waals surface area contributed by atoms with E-state index in [1.54, 1.807) is 124 Å². The minimum Gasteiger partial charge on any atom is -0.400 e. The molecule has 0 spiro atoms. The number of Topliss-reactive ketones (excluding diaryl/α,β-unsaturated/α-hetero) is 3. The summed E-state index contributed by atoms with van der Waals surface area (Å²) in [5, 5.41) is 57.4. The van der Waals surface area contributed by atoms with Crippen molar-refractivity contribution in [3.8, 4) is 18.2 Å². The summed E-state index contributed by atoms with van der Waals surface area (Å²) in [7, 11) is 7.30. The number of piperazine rings is 3. The Hall–Kier alpha value is -13.8. The quantitative estimate of drug-likeness (QED) is 0.00622. The summed E-state index contributed by atoms with van der Waals surface area (Å²) < 4.78 is 0. The Labute approximate surface area is 809 Å². The number of nitrogens with two attached hydrogens (primary N) is 1. The van der Waals surface area contributed by atoms with E-state index in [-0.39, 0.29) is 81.3 Å². The summed E-state index contributed by atoms with van der Waals surface area (Å²) in [5.41, 5.74) is 17.5. The van der Waals surface area contributed by atoms with Gasteiger partial charge in [-0.25, -0.2) is 44.3 Å². The molecule has 716 valence electrons. The minimum absolute atomic E-state index is 0. The number of piperidine rings is 3. The molecule has 0 unspecified atom stereocenters. The predicted molar refractivity (Wildman–Crippen MR) is 522 cm³/mol. The fraction of sp³-hybridized carbons (Fsp3) is 0.396. The number of ketones is 3. The molecule has 0 radical (unpaired) electrons. The van der Waals surface area contributed by atoms with Crippen molar-refractivity contribution in [2.75, 3.05) is 188 Å². The monoisotopic (exact) mass is 1940 g/mol. The molecule has 3 aromatic heterocycles. The van der Waals surface area contributed by atoms with Crippen molar-refractivity contribution < 1.29 is 64.0 Å². The Morgan fingerprint density at radius 2 is 0.735 bits per heavy atom. The number of carbonyl (C=O) groups excluding carboxylic acids is 7. The van der Waals surface area contributed by atoms with Gasteiger partial charge in [0.05, 0.1) is 39.8 Å². The molecule has 6 saturated heterocycles. The maximum atomic E-state index is 13.2. The van der Waals surface area contributed by atoms with Gasteiger partial charge in [-0.2, -0.15) is 15.8 Å². The van der Waals surface area contributed by atoms with Crippen LogP contribution in [-0.2, 0) is 44.5 Å². The number of rotatable bonds is 24. The average Bonchev–Trinajstić information content (AvgIpc) is 0.812. The average molecular weight is 1940 g/mol. The first-order valence-corrected chi connectivity index (χ1v) is 45.4. The maximum absolute atomic E-state index is 13.2. The molecule has 15 rings (SSSR count). The second kappa shape index (κ2) is 50.5. The molecule has 34 nitrogen and oxygen atoms in total. The second-order valence-electron chi connectivity index (χ2n) is 34.9. The van der Waals surface area contributed by atoms with Crippen molar-refractivity contribution in [1.29, 1.82) is 15.8 Å². The van der Waals surface area contributed by atoms with Crippen LogP contribution in [-0.4, -0.2) is 257 Å². The molecule has 0 bridgehead atoms. The van der Waals surface area contributed by atoms with Crippen molar-refractivity contribution in [2.24, 2.45) is 17.8 Å². The van der Waals surface area contributed by atoms with Gasteiger partial charge in [-0.1, -0.05) is 43.0 Å². The number of nitriles is 3. The molecule has 9 aromatic rings. The van der Waals surface area contributed by atoms with Crippen LogP contribution in [0.3, 0.4) is 0 Å². The molecular formula is C101H121N24O10Pd-. The number of nitrogens with zero attached hydrogens (tertiary/aromatic N) is 19. The van der Waals surface area contributed by atoms with Gasteiger partial charge in [0.25, 0.3) is 5.69 Å². The number of hydrogen-bond acceptors (Lipinski definition) is 26. The number of hydrogen-bond donors (Lipinski definition) is 6. The van der Waals surface area contributed by atoms with Crippen LogP contribution in [0.5, 0.6) is 0 Å². The van der Waals surface area contributed by atoms with E-state index >= 15 is 0 Å². The number of nitrogen functional groups attached to an aromatic ring is 1. The van der Waals surface area contributed by atoms with Crippen LogP contribution in [0, 0.1) is 90.1 Å². The maximum Gasteiger partial charge on any atom is 0.321 e.